The van der Waals surface area contributed by atoms with Gasteiger partial charge in [-0.15, -0.1) is 0 Å². The van der Waals surface area contributed by atoms with Crippen molar-refractivity contribution in [2.45, 2.75) is 20.8 Å². The van der Waals surface area contributed by atoms with Crippen molar-refractivity contribution < 1.29 is 9.52 Å². The topological polar surface area (TPSA) is 62.8 Å². The van der Waals surface area contributed by atoms with Crippen molar-refractivity contribution in [3.05, 3.63) is 63.5 Å². The van der Waals surface area contributed by atoms with Gasteiger partial charge in [-0.25, -0.2) is 4.79 Å². The number of phenolic OH excluding ortho intramolecular Hbond substituents is 1. The predicted octanol–water partition coefficient (Wildman–Crippen LogP) is 4.22. The Morgan fingerprint density at radius 3 is 2.42 bits per heavy atom. The normalized spacial score (nSPS) is 11.9. The molecule has 24 heavy (non-hydrogen) atoms. The molecule has 1 heterocycles. The van der Waals surface area contributed by atoms with Crippen LogP contribution in [0.4, 0.5) is 0 Å². The second kappa shape index (κ2) is 5.96. The molecule has 4 nitrogen and oxygen atoms in total. The maximum absolute atomic E-state index is 12.3. The number of hydrogen-bond donors (Lipinski definition) is 1. The molecular formula is C20H19NO3. The fourth-order valence-electron chi connectivity index (χ4n) is 2.95. The van der Waals surface area contributed by atoms with Gasteiger partial charge in [0.05, 0.1) is 0 Å². The molecule has 1 aromatic heterocycles. The van der Waals surface area contributed by atoms with Crippen LogP contribution < -0.4 is 5.63 Å². The Bertz CT molecular complexity index is 1010. The quantitative estimate of drug-likeness (QED) is 0.568. The van der Waals surface area contributed by atoms with E-state index in [9.17, 15) is 9.90 Å². The molecule has 4 heteroatoms. The summed E-state index contributed by atoms with van der Waals surface area (Å²) in [7, 11) is 1.68. The zero-order valence-electron chi connectivity index (χ0n) is 14.2. The van der Waals surface area contributed by atoms with E-state index >= 15 is 0 Å². The lowest BCUT2D eigenvalue weighted by Crippen LogP contribution is -2.07. The van der Waals surface area contributed by atoms with E-state index in [-0.39, 0.29) is 5.75 Å². The summed E-state index contributed by atoms with van der Waals surface area (Å²) in [4.78, 5) is 16.5. The van der Waals surface area contributed by atoms with E-state index in [1.165, 1.54) is 0 Å². The Hall–Kier alpha value is -2.88. The largest absolute Gasteiger partial charge is 0.507 e. The smallest absolute Gasteiger partial charge is 0.339 e. The van der Waals surface area contributed by atoms with Gasteiger partial charge in [-0.05, 0) is 32.4 Å². The third kappa shape index (κ3) is 2.40. The minimum Gasteiger partial charge on any atom is -0.507 e. The van der Waals surface area contributed by atoms with Crippen molar-refractivity contribution >= 4 is 16.7 Å². The van der Waals surface area contributed by atoms with Gasteiger partial charge < -0.3 is 9.52 Å². The van der Waals surface area contributed by atoms with E-state index in [4.69, 9.17) is 4.42 Å². The summed E-state index contributed by atoms with van der Waals surface area (Å²) in [5, 5.41) is 11.3. The number of aromatic hydroxyl groups is 1. The summed E-state index contributed by atoms with van der Waals surface area (Å²) >= 11 is 0. The molecule has 0 aliphatic carbocycles. The van der Waals surface area contributed by atoms with Crippen LogP contribution in [0.3, 0.4) is 0 Å². The lowest BCUT2D eigenvalue weighted by molar-refractivity contribution is 0.467. The van der Waals surface area contributed by atoms with E-state index in [1.807, 2.05) is 43.3 Å². The van der Waals surface area contributed by atoms with Crippen LogP contribution in [0.5, 0.6) is 5.75 Å². The highest BCUT2D eigenvalue weighted by Gasteiger charge is 2.19. The van der Waals surface area contributed by atoms with Gasteiger partial charge in [0.25, 0.3) is 0 Å². The summed E-state index contributed by atoms with van der Waals surface area (Å²) in [6.07, 6.45) is 0. The molecule has 3 rings (SSSR count). The first kappa shape index (κ1) is 16.0. The van der Waals surface area contributed by atoms with Crippen molar-refractivity contribution in [1.29, 1.82) is 0 Å². The van der Waals surface area contributed by atoms with E-state index < -0.39 is 5.63 Å². The molecule has 0 amide bonds. The minimum atomic E-state index is -0.391. The molecule has 0 atom stereocenters. The Labute approximate surface area is 140 Å². The average molecular weight is 321 g/mol. The number of rotatable bonds is 2. The third-order valence-corrected chi connectivity index (χ3v) is 4.42. The van der Waals surface area contributed by atoms with Crippen LogP contribution in [0.25, 0.3) is 22.1 Å². The van der Waals surface area contributed by atoms with Gasteiger partial charge in [0.15, 0.2) is 0 Å². The number of aryl methyl sites for hydroxylation is 1. The lowest BCUT2D eigenvalue weighted by Gasteiger charge is -2.14. The third-order valence-electron chi connectivity index (χ3n) is 4.42. The highest BCUT2D eigenvalue weighted by molar-refractivity contribution is 6.07. The van der Waals surface area contributed by atoms with Gasteiger partial charge in [0, 0.05) is 40.4 Å². The summed E-state index contributed by atoms with van der Waals surface area (Å²) in [5.74, 6) is 0.0941. The number of nitrogens with zero attached hydrogens (tertiary/aromatic N) is 1. The van der Waals surface area contributed by atoms with Gasteiger partial charge in [0.2, 0.25) is 0 Å². The SMILES string of the molecule is C/N=C(\C)c1cc2c(-c3ccccc3)c(C)c(=O)oc2c(C)c1O. The fraction of sp³-hybridized carbons (Fsp3) is 0.200. The molecule has 0 aliphatic rings. The van der Waals surface area contributed by atoms with E-state index in [1.54, 1.807) is 20.9 Å². The maximum Gasteiger partial charge on any atom is 0.339 e. The monoisotopic (exact) mass is 321 g/mol. The van der Waals surface area contributed by atoms with Gasteiger partial charge in [0.1, 0.15) is 11.3 Å². The van der Waals surface area contributed by atoms with Crippen LogP contribution in [0.2, 0.25) is 0 Å². The summed E-state index contributed by atoms with van der Waals surface area (Å²) < 4.78 is 5.48. The van der Waals surface area contributed by atoms with Crippen LogP contribution in [-0.4, -0.2) is 17.9 Å². The molecule has 0 saturated heterocycles. The number of phenols is 1. The Morgan fingerprint density at radius 1 is 1.12 bits per heavy atom. The van der Waals surface area contributed by atoms with Crippen LogP contribution >= 0.6 is 0 Å². The average Bonchev–Trinajstić information content (AvgIpc) is 2.60. The van der Waals surface area contributed by atoms with E-state index in [0.29, 0.717) is 22.3 Å². The van der Waals surface area contributed by atoms with Crippen molar-refractivity contribution in [2.24, 2.45) is 4.99 Å². The number of hydrogen-bond acceptors (Lipinski definition) is 4. The predicted molar refractivity (Wildman–Crippen MR) is 97.2 cm³/mol. The molecule has 1 N–H and O–H groups in total. The Kier molecular flexibility index (Phi) is 3.97. The number of fused-ring (bicyclic) bond motifs is 1. The van der Waals surface area contributed by atoms with Crippen molar-refractivity contribution in [1.82, 2.24) is 0 Å². The highest BCUT2D eigenvalue weighted by atomic mass is 16.4. The summed E-state index contributed by atoms with van der Waals surface area (Å²) in [6.45, 7) is 5.35. The highest BCUT2D eigenvalue weighted by Crippen LogP contribution is 2.37. The Morgan fingerprint density at radius 2 is 1.79 bits per heavy atom. The van der Waals surface area contributed by atoms with Crippen LogP contribution in [0.1, 0.15) is 23.6 Å². The molecule has 0 fully saturated rings. The van der Waals surface area contributed by atoms with Crippen molar-refractivity contribution in [3.8, 4) is 16.9 Å². The van der Waals surface area contributed by atoms with Gasteiger partial charge in [-0.2, -0.15) is 0 Å². The lowest BCUT2D eigenvalue weighted by atomic mass is 9.93. The first-order valence-corrected chi connectivity index (χ1v) is 7.74. The molecule has 0 spiro atoms. The molecule has 0 radical (unpaired) electrons. The minimum absolute atomic E-state index is 0.0941. The summed E-state index contributed by atoms with van der Waals surface area (Å²) in [6, 6.07) is 11.6. The summed E-state index contributed by atoms with van der Waals surface area (Å²) in [5.41, 5.74) is 4.25. The zero-order valence-corrected chi connectivity index (χ0v) is 14.2. The standard InChI is InChI=1S/C20H19NO3/c1-11-17(14-8-6-5-7-9-14)16-10-15(13(3)21-4)18(22)12(2)19(16)24-20(11)23/h5-10,22H,1-4H3/b21-13+. The molecule has 3 aromatic rings. The zero-order chi connectivity index (χ0) is 17.4. The van der Waals surface area contributed by atoms with Gasteiger partial charge in [-0.1, -0.05) is 30.3 Å². The first-order valence-electron chi connectivity index (χ1n) is 7.74. The molecule has 2 aromatic carbocycles. The molecular weight excluding hydrogens is 302 g/mol. The molecule has 0 bridgehead atoms. The second-order valence-electron chi connectivity index (χ2n) is 5.84. The second-order valence-corrected chi connectivity index (χ2v) is 5.84. The first-order chi connectivity index (χ1) is 11.5. The van der Waals surface area contributed by atoms with Crippen LogP contribution in [0, 0.1) is 13.8 Å². The number of benzene rings is 2. The fourth-order valence-corrected chi connectivity index (χ4v) is 2.95. The maximum atomic E-state index is 12.3. The van der Waals surface area contributed by atoms with Gasteiger partial charge >= 0.3 is 5.63 Å². The van der Waals surface area contributed by atoms with Crippen LogP contribution in [-0.2, 0) is 0 Å². The van der Waals surface area contributed by atoms with Crippen LogP contribution in [0.15, 0.2) is 50.6 Å². The van der Waals surface area contributed by atoms with Crippen molar-refractivity contribution in [3.63, 3.8) is 0 Å². The van der Waals surface area contributed by atoms with Gasteiger partial charge in [-0.3, -0.25) is 4.99 Å². The Balaban J connectivity index is 2.53. The van der Waals surface area contributed by atoms with E-state index in [0.717, 1.165) is 22.2 Å². The molecule has 0 unspecified atom stereocenters. The van der Waals surface area contributed by atoms with E-state index in [2.05, 4.69) is 4.99 Å². The van der Waals surface area contributed by atoms with Crippen molar-refractivity contribution in [2.75, 3.05) is 7.05 Å². The molecule has 0 saturated carbocycles. The molecule has 122 valence electrons. The molecule has 0 aliphatic heterocycles. The number of aliphatic imine (C=N–C) groups is 1.